The summed E-state index contributed by atoms with van der Waals surface area (Å²) in [6, 6.07) is 1.86. The Morgan fingerprint density at radius 2 is 2.00 bits per heavy atom. The third kappa shape index (κ3) is 1.71. The van der Waals surface area contributed by atoms with Crippen molar-refractivity contribution in [2.24, 2.45) is 0 Å². The Bertz CT molecular complexity index is 501. The van der Waals surface area contributed by atoms with Crippen molar-refractivity contribution >= 4 is 11.6 Å². The van der Waals surface area contributed by atoms with Crippen molar-refractivity contribution in [1.29, 1.82) is 0 Å². The lowest BCUT2D eigenvalue weighted by molar-refractivity contribution is 0.840. The Balaban J connectivity index is 2.11. The van der Waals surface area contributed by atoms with Gasteiger partial charge >= 0.3 is 0 Å². The van der Waals surface area contributed by atoms with Gasteiger partial charge in [0.05, 0.1) is 0 Å². The highest BCUT2D eigenvalue weighted by Crippen LogP contribution is 2.27. The molecule has 3 heterocycles. The zero-order chi connectivity index (χ0) is 11.7. The van der Waals surface area contributed by atoms with E-state index in [0.29, 0.717) is 5.82 Å². The van der Waals surface area contributed by atoms with Gasteiger partial charge in [0.25, 0.3) is 0 Å². The molecule has 6 nitrogen and oxygen atoms in total. The second-order valence-corrected chi connectivity index (χ2v) is 4.08. The Kier molecular flexibility index (Phi) is 2.40. The number of aromatic nitrogens is 4. The van der Waals surface area contributed by atoms with Crippen molar-refractivity contribution in [2.45, 2.75) is 12.8 Å². The minimum absolute atomic E-state index is 0.464. The quantitative estimate of drug-likeness (QED) is 0.827. The molecule has 0 aliphatic carbocycles. The van der Waals surface area contributed by atoms with E-state index in [-0.39, 0.29) is 0 Å². The lowest BCUT2D eigenvalue weighted by Gasteiger charge is -2.20. The molecule has 3 rings (SSSR count). The van der Waals surface area contributed by atoms with Crippen LogP contribution in [0.15, 0.2) is 24.8 Å². The SMILES string of the molecule is Nc1ncnc(N2CCCC2)c1-n1cccn1. The maximum Gasteiger partial charge on any atom is 0.160 e. The molecule has 0 bridgehead atoms. The van der Waals surface area contributed by atoms with Crippen LogP contribution in [0.25, 0.3) is 5.69 Å². The van der Waals surface area contributed by atoms with E-state index in [9.17, 15) is 0 Å². The van der Waals surface area contributed by atoms with E-state index in [0.717, 1.165) is 24.6 Å². The second-order valence-electron chi connectivity index (χ2n) is 4.08. The summed E-state index contributed by atoms with van der Waals surface area (Å²) in [6.45, 7) is 2.04. The molecular formula is C11H14N6. The largest absolute Gasteiger partial charge is 0.382 e. The van der Waals surface area contributed by atoms with E-state index in [4.69, 9.17) is 5.73 Å². The van der Waals surface area contributed by atoms with Crippen LogP contribution in [0.3, 0.4) is 0 Å². The first-order chi connectivity index (χ1) is 8.36. The maximum atomic E-state index is 5.94. The minimum atomic E-state index is 0.464. The summed E-state index contributed by atoms with van der Waals surface area (Å²) < 4.78 is 1.73. The Hall–Kier alpha value is -2.11. The van der Waals surface area contributed by atoms with Gasteiger partial charge in [-0.15, -0.1) is 0 Å². The Labute approximate surface area is 99.1 Å². The molecular weight excluding hydrogens is 216 g/mol. The molecule has 1 fully saturated rings. The minimum Gasteiger partial charge on any atom is -0.382 e. The summed E-state index contributed by atoms with van der Waals surface area (Å²) in [5.41, 5.74) is 6.72. The smallest absolute Gasteiger partial charge is 0.160 e. The van der Waals surface area contributed by atoms with E-state index < -0.39 is 0 Å². The van der Waals surface area contributed by atoms with E-state index in [2.05, 4.69) is 20.0 Å². The third-order valence-electron chi connectivity index (χ3n) is 2.97. The van der Waals surface area contributed by atoms with Gasteiger partial charge in [0.1, 0.15) is 12.0 Å². The molecule has 1 aliphatic rings. The van der Waals surface area contributed by atoms with Gasteiger partial charge in [0.2, 0.25) is 0 Å². The van der Waals surface area contributed by atoms with Gasteiger partial charge in [-0.3, -0.25) is 0 Å². The molecule has 0 atom stereocenters. The van der Waals surface area contributed by atoms with Gasteiger partial charge in [-0.1, -0.05) is 0 Å². The van der Waals surface area contributed by atoms with Crippen LogP contribution in [0.4, 0.5) is 11.6 Å². The van der Waals surface area contributed by atoms with Crippen molar-refractivity contribution in [3.63, 3.8) is 0 Å². The van der Waals surface area contributed by atoms with Crippen LogP contribution >= 0.6 is 0 Å². The Morgan fingerprint density at radius 1 is 1.18 bits per heavy atom. The first-order valence-electron chi connectivity index (χ1n) is 5.72. The molecule has 17 heavy (non-hydrogen) atoms. The first-order valence-corrected chi connectivity index (χ1v) is 5.72. The van der Waals surface area contributed by atoms with Crippen LogP contribution in [0, 0.1) is 0 Å². The van der Waals surface area contributed by atoms with E-state index in [1.807, 2.05) is 12.3 Å². The molecule has 6 heteroatoms. The van der Waals surface area contributed by atoms with Gasteiger partial charge in [0.15, 0.2) is 11.6 Å². The van der Waals surface area contributed by atoms with Gasteiger partial charge in [-0.25, -0.2) is 14.6 Å². The summed E-state index contributed by atoms with van der Waals surface area (Å²) in [5, 5.41) is 4.21. The van der Waals surface area contributed by atoms with Gasteiger partial charge in [-0.2, -0.15) is 5.10 Å². The van der Waals surface area contributed by atoms with Crippen LogP contribution in [0.1, 0.15) is 12.8 Å². The fraction of sp³-hybridized carbons (Fsp3) is 0.364. The fourth-order valence-electron chi connectivity index (χ4n) is 2.16. The average molecular weight is 230 g/mol. The van der Waals surface area contributed by atoms with Crippen molar-refractivity contribution in [1.82, 2.24) is 19.7 Å². The maximum absolute atomic E-state index is 5.94. The number of rotatable bonds is 2. The average Bonchev–Trinajstić information content (AvgIpc) is 3.02. The standard InChI is InChI=1S/C11H14N6/c12-10-9(17-7-3-4-15-17)11(14-8-13-10)16-5-1-2-6-16/h3-4,7-8H,1-2,5-6H2,(H2,12,13,14). The molecule has 2 aromatic rings. The van der Waals surface area contributed by atoms with Gasteiger partial charge in [0, 0.05) is 25.5 Å². The normalized spacial score (nSPS) is 15.4. The van der Waals surface area contributed by atoms with Gasteiger partial charge in [-0.05, 0) is 18.9 Å². The highest BCUT2D eigenvalue weighted by atomic mass is 15.3. The highest BCUT2D eigenvalue weighted by Gasteiger charge is 2.20. The van der Waals surface area contributed by atoms with Crippen molar-refractivity contribution in [3.05, 3.63) is 24.8 Å². The van der Waals surface area contributed by atoms with Crippen LogP contribution in [-0.2, 0) is 0 Å². The molecule has 0 aromatic carbocycles. The first kappa shape index (κ1) is 10.1. The predicted molar refractivity (Wildman–Crippen MR) is 65.0 cm³/mol. The predicted octanol–water partition coefficient (Wildman–Crippen LogP) is 0.845. The molecule has 1 aliphatic heterocycles. The van der Waals surface area contributed by atoms with Crippen molar-refractivity contribution in [3.8, 4) is 5.69 Å². The van der Waals surface area contributed by atoms with Crippen LogP contribution < -0.4 is 10.6 Å². The van der Waals surface area contributed by atoms with E-state index >= 15 is 0 Å². The van der Waals surface area contributed by atoms with Crippen LogP contribution in [0.5, 0.6) is 0 Å². The molecule has 88 valence electrons. The number of anilines is 2. The summed E-state index contributed by atoms with van der Waals surface area (Å²) >= 11 is 0. The monoisotopic (exact) mass is 230 g/mol. The highest BCUT2D eigenvalue weighted by molar-refractivity contribution is 5.67. The lowest BCUT2D eigenvalue weighted by atomic mass is 10.4. The van der Waals surface area contributed by atoms with Crippen molar-refractivity contribution < 1.29 is 0 Å². The molecule has 0 radical (unpaired) electrons. The number of hydrogen-bond donors (Lipinski definition) is 1. The molecule has 0 saturated carbocycles. The second kappa shape index (κ2) is 4.04. The zero-order valence-corrected chi connectivity index (χ0v) is 9.45. The summed E-state index contributed by atoms with van der Waals surface area (Å²) in [4.78, 5) is 10.6. The molecule has 2 N–H and O–H groups in total. The van der Waals surface area contributed by atoms with E-state index in [1.54, 1.807) is 10.9 Å². The Morgan fingerprint density at radius 3 is 2.71 bits per heavy atom. The number of hydrogen-bond acceptors (Lipinski definition) is 5. The molecule has 2 aromatic heterocycles. The topological polar surface area (TPSA) is 72.9 Å². The zero-order valence-electron chi connectivity index (χ0n) is 9.45. The van der Waals surface area contributed by atoms with Crippen molar-refractivity contribution in [2.75, 3.05) is 23.7 Å². The number of nitrogen functional groups attached to an aromatic ring is 1. The molecule has 0 spiro atoms. The third-order valence-corrected chi connectivity index (χ3v) is 2.97. The summed E-state index contributed by atoms with van der Waals surface area (Å²) in [5.74, 6) is 1.34. The number of nitrogens with two attached hydrogens (primary N) is 1. The lowest BCUT2D eigenvalue weighted by Crippen LogP contribution is -2.22. The molecule has 0 unspecified atom stereocenters. The van der Waals surface area contributed by atoms with Crippen LogP contribution in [-0.4, -0.2) is 32.8 Å². The fourth-order valence-corrected chi connectivity index (χ4v) is 2.16. The molecule has 1 saturated heterocycles. The summed E-state index contributed by atoms with van der Waals surface area (Å²) in [7, 11) is 0. The summed E-state index contributed by atoms with van der Waals surface area (Å²) in [6.07, 6.45) is 7.48. The van der Waals surface area contributed by atoms with Gasteiger partial charge < -0.3 is 10.6 Å². The van der Waals surface area contributed by atoms with E-state index in [1.165, 1.54) is 19.2 Å². The molecule has 0 amide bonds. The van der Waals surface area contributed by atoms with Crippen LogP contribution in [0.2, 0.25) is 0 Å². The number of nitrogens with zero attached hydrogens (tertiary/aromatic N) is 5.